The topological polar surface area (TPSA) is 108 Å². The number of aliphatic hydroxyl groups excluding tert-OH is 1. The first kappa shape index (κ1) is 19.9. The standard InChI is InChI=1S/C23H24O8/c24-18-16(19(25)29-22(28-18)10-4-5-11-22)15(14-8-2-1-3-9-14)17-20(26)30-23(31-21(17)27)12-6-7-13-23/h1-3,8-9,15-16,26H,4-7,10-13H2. The van der Waals surface area contributed by atoms with Crippen LogP contribution in [-0.4, -0.2) is 34.6 Å². The molecular formula is C23H24O8. The Labute approximate surface area is 179 Å². The lowest BCUT2D eigenvalue weighted by molar-refractivity contribution is -0.251. The first-order valence-electron chi connectivity index (χ1n) is 10.8. The number of carbonyl (C=O) groups excluding carboxylic acids is 3. The molecule has 1 aromatic rings. The second-order valence-electron chi connectivity index (χ2n) is 8.65. The van der Waals surface area contributed by atoms with Gasteiger partial charge in [0.2, 0.25) is 0 Å². The van der Waals surface area contributed by atoms with Gasteiger partial charge in [0.15, 0.2) is 5.92 Å². The molecule has 31 heavy (non-hydrogen) atoms. The van der Waals surface area contributed by atoms with Crippen molar-refractivity contribution in [2.24, 2.45) is 5.92 Å². The predicted molar refractivity (Wildman–Crippen MR) is 104 cm³/mol. The highest BCUT2D eigenvalue weighted by molar-refractivity contribution is 6.01. The lowest BCUT2D eigenvalue weighted by Gasteiger charge is -2.40. The van der Waals surface area contributed by atoms with Crippen molar-refractivity contribution in [2.45, 2.75) is 68.9 Å². The van der Waals surface area contributed by atoms with Gasteiger partial charge in [0.1, 0.15) is 5.57 Å². The molecule has 2 spiro atoms. The zero-order chi connectivity index (χ0) is 21.6. The van der Waals surface area contributed by atoms with E-state index < -0.39 is 47.3 Å². The van der Waals surface area contributed by atoms with E-state index in [2.05, 4.69) is 0 Å². The average molecular weight is 428 g/mol. The molecule has 1 atom stereocenters. The molecule has 1 saturated heterocycles. The first-order chi connectivity index (χ1) is 14.9. The summed E-state index contributed by atoms with van der Waals surface area (Å²) in [5.74, 6) is -8.00. The number of benzene rings is 1. The largest absolute Gasteiger partial charge is 0.480 e. The molecule has 0 radical (unpaired) electrons. The van der Waals surface area contributed by atoms with Gasteiger partial charge in [-0.2, -0.15) is 0 Å². The van der Waals surface area contributed by atoms with Crippen molar-refractivity contribution in [1.29, 1.82) is 0 Å². The molecule has 0 amide bonds. The van der Waals surface area contributed by atoms with Gasteiger partial charge in [-0.25, -0.2) is 4.79 Å². The minimum atomic E-state index is -1.46. The van der Waals surface area contributed by atoms with E-state index in [1.54, 1.807) is 30.3 Å². The summed E-state index contributed by atoms with van der Waals surface area (Å²) in [6.07, 6.45) is 5.06. The number of esters is 3. The van der Waals surface area contributed by atoms with Crippen LogP contribution in [0.1, 0.15) is 62.8 Å². The zero-order valence-corrected chi connectivity index (χ0v) is 17.0. The Morgan fingerprint density at radius 1 is 0.774 bits per heavy atom. The van der Waals surface area contributed by atoms with Crippen molar-refractivity contribution >= 4 is 17.9 Å². The van der Waals surface area contributed by atoms with E-state index in [-0.39, 0.29) is 5.57 Å². The Bertz CT molecular complexity index is 918. The van der Waals surface area contributed by atoms with E-state index >= 15 is 0 Å². The maximum Gasteiger partial charge on any atom is 0.345 e. The van der Waals surface area contributed by atoms with Gasteiger partial charge < -0.3 is 24.1 Å². The van der Waals surface area contributed by atoms with Crippen LogP contribution in [0.3, 0.4) is 0 Å². The van der Waals surface area contributed by atoms with Gasteiger partial charge >= 0.3 is 17.9 Å². The van der Waals surface area contributed by atoms with Crippen molar-refractivity contribution in [3.8, 4) is 0 Å². The van der Waals surface area contributed by atoms with Gasteiger partial charge in [0.25, 0.3) is 17.5 Å². The Kier molecular flexibility index (Phi) is 4.68. The number of carbonyl (C=O) groups is 3. The zero-order valence-electron chi connectivity index (χ0n) is 17.0. The lowest BCUT2D eigenvalue weighted by atomic mass is 9.79. The molecule has 1 aromatic carbocycles. The van der Waals surface area contributed by atoms with Crippen LogP contribution in [0, 0.1) is 5.92 Å². The summed E-state index contributed by atoms with van der Waals surface area (Å²) in [6.45, 7) is 0. The van der Waals surface area contributed by atoms with Crippen LogP contribution in [0.15, 0.2) is 41.9 Å². The Hall–Kier alpha value is -3.03. The summed E-state index contributed by atoms with van der Waals surface area (Å²) in [4.78, 5) is 39.2. The van der Waals surface area contributed by atoms with Crippen molar-refractivity contribution < 1.29 is 38.4 Å². The average Bonchev–Trinajstić information content (AvgIpc) is 3.36. The predicted octanol–water partition coefficient (Wildman–Crippen LogP) is 3.37. The van der Waals surface area contributed by atoms with E-state index in [0.717, 1.165) is 25.7 Å². The summed E-state index contributed by atoms with van der Waals surface area (Å²) in [5, 5.41) is 10.8. The SMILES string of the molecule is O=C1OC2(CCCC2)OC(O)=C1C(c1ccccc1)C1C(=O)OC2(CCCC2)OC1=O. The normalized spacial score (nSPS) is 25.9. The van der Waals surface area contributed by atoms with E-state index in [4.69, 9.17) is 18.9 Å². The molecule has 5 rings (SSSR count). The fraction of sp³-hybridized carbons (Fsp3) is 0.522. The molecule has 3 fully saturated rings. The number of aliphatic hydroxyl groups is 1. The van der Waals surface area contributed by atoms with Gasteiger partial charge in [-0.1, -0.05) is 30.3 Å². The fourth-order valence-corrected chi connectivity index (χ4v) is 5.13. The molecule has 2 saturated carbocycles. The molecule has 8 nitrogen and oxygen atoms in total. The van der Waals surface area contributed by atoms with Crippen LogP contribution in [-0.2, 0) is 33.3 Å². The van der Waals surface area contributed by atoms with Gasteiger partial charge in [0.05, 0.1) is 0 Å². The third kappa shape index (κ3) is 3.34. The molecule has 4 aliphatic rings. The summed E-state index contributed by atoms with van der Waals surface area (Å²) in [6, 6.07) is 8.52. The number of ether oxygens (including phenoxy) is 4. The maximum atomic E-state index is 13.1. The molecule has 8 heteroatoms. The molecule has 164 valence electrons. The molecule has 1 unspecified atom stereocenters. The quantitative estimate of drug-likeness (QED) is 0.577. The second kappa shape index (κ2) is 7.28. The second-order valence-corrected chi connectivity index (χ2v) is 8.65. The minimum absolute atomic E-state index is 0.273. The van der Waals surface area contributed by atoms with Crippen molar-refractivity contribution in [3.63, 3.8) is 0 Å². The van der Waals surface area contributed by atoms with Crippen molar-refractivity contribution in [2.75, 3.05) is 0 Å². The Morgan fingerprint density at radius 2 is 1.29 bits per heavy atom. The van der Waals surface area contributed by atoms with E-state index in [1.165, 1.54) is 0 Å². The van der Waals surface area contributed by atoms with Gasteiger partial charge in [-0.3, -0.25) is 9.59 Å². The fourth-order valence-electron chi connectivity index (χ4n) is 5.13. The van der Waals surface area contributed by atoms with Crippen LogP contribution in [0.4, 0.5) is 0 Å². The number of rotatable bonds is 3. The van der Waals surface area contributed by atoms with Crippen LogP contribution in [0.5, 0.6) is 0 Å². The van der Waals surface area contributed by atoms with Crippen molar-refractivity contribution in [1.82, 2.24) is 0 Å². The van der Waals surface area contributed by atoms with Gasteiger partial charge in [0, 0.05) is 31.6 Å². The molecule has 2 heterocycles. The molecule has 0 aromatic heterocycles. The third-order valence-electron chi connectivity index (χ3n) is 6.63. The summed E-state index contributed by atoms with van der Waals surface area (Å²) >= 11 is 0. The van der Waals surface area contributed by atoms with E-state index in [0.29, 0.717) is 31.2 Å². The molecule has 1 N–H and O–H groups in total. The van der Waals surface area contributed by atoms with Crippen LogP contribution >= 0.6 is 0 Å². The maximum absolute atomic E-state index is 13.1. The lowest BCUT2D eigenvalue weighted by Crippen LogP contribution is -2.51. The van der Waals surface area contributed by atoms with E-state index in [1.807, 2.05) is 0 Å². The molecule has 2 aliphatic carbocycles. The Balaban J connectivity index is 1.55. The molecule has 0 bridgehead atoms. The summed E-state index contributed by atoms with van der Waals surface area (Å²) in [5.41, 5.74) is 0.193. The number of hydrogen-bond acceptors (Lipinski definition) is 8. The highest BCUT2D eigenvalue weighted by Crippen LogP contribution is 2.47. The Morgan fingerprint density at radius 3 is 1.81 bits per heavy atom. The summed E-state index contributed by atoms with van der Waals surface area (Å²) < 4.78 is 22.4. The van der Waals surface area contributed by atoms with Crippen LogP contribution in [0.2, 0.25) is 0 Å². The van der Waals surface area contributed by atoms with Crippen LogP contribution < -0.4 is 0 Å². The smallest absolute Gasteiger partial charge is 0.345 e. The summed E-state index contributed by atoms with van der Waals surface area (Å²) in [7, 11) is 0. The molecule has 2 aliphatic heterocycles. The van der Waals surface area contributed by atoms with Crippen molar-refractivity contribution in [3.05, 3.63) is 47.4 Å². The minimum Gasteiger partial charge on any atom is -0.480 e. The highest BCUT2D eigenvalue weighted by atomic mass is 16.8. The monoisotopic (exact) mass is 428 g/mol. The van der Waals surface area contributed by atoms with Gasteiger partial charge in [-0.15, -0.1) is 0 Å². The number of hydrogen-bond donors (Lipinski definition) is 1. The van der Waals surface area contributed by atoms with E-state index in [9.17, 15) is 19.5 Å². The molecular weight excluding hydrogens is 404 g/mol. The van der Waals surface area contributed by atoms with Gasteiger partial charge in [-0.05, 0) is 31.2 Å². The highest BCUT2D eigenvalue weighted by Gasteiger charge is 2.57. The third-order valence-corrected chi connectivity index (χ3v) is 6.63. The van der Waals surface area contributed by atoms with Crippen LogP contribution in [0.25, 0.3) is 0 Å². The first-order valence-corrected chi connectivity index (χ1v) is 10.8.